The minimum atomic E-state index is -0.534. The van der Waals surface area contributed by atoms with E-state index in [-0.39, 0.29) is 17.9 Å². The van der Waals surface area contributed by atoms with Crippen molar-refractivity contribution in [3.8, 4) is 0 Å². The first kappa shape index (κ1) is 13.0. The average molecular weight is 265 g/mol. The molecule has 1 heterocycles. The number of likely N-dealkylation sites (tertiary alicyclic amines) is 1. The minimum Gasteiger partial charge on any atom is -0.449 e. The van der Waals surface area contributed by atoms with Crippen LogP contribution in [0.5, 0.6) is 0 Å². The maximum Gasteiger partial charge on any atom is 0.417 e. The number of imide groups is 1. The first-order valence-electron chi connectivity index (χ1n) is 5.93. The van der Waals surface area contributed by atoms with Crippen molar-refractivity contribution in [1.82, 2.24) is 4.90 Å². The zero-order valence-electron chi connectivity index (χ0n) is 10.2. The number of hydrogen-bond acceptors (Lipinski definition) is 4. The van der Waals surface area contributed by atoms with Gasteiger partial charge >= 0.3 is 6.09 Å². The second kappa shape index (κ2) is 5.91. The van der Waals surface area contributed by atoms with Crippen LogP contribution in [0.1, 0.15) is 19.8 Å². The van der Waals surface area contributed by atoms with E-state index in [0.29, 0.717) is 12.8 Å². The zero-order chi connectivity index (χ0) is 13.0. The molecule has 1 unspecified atom stereocenters. The Morgan fingerprint density at radius 2 is 2.17 bits per heavy atom. The van der Waals surface area contributed by atoms with Gasteiger partial charge in [-0.05, 0) is 25.5 Å². The number of ether oxygens (including phenoxy) is 1. The number of nitrogens with zero attached hydrogens (tertiary/aromatic N) is 1. The maximum atomic E-state index is 11.7. The van der Waals surface area contributed by atoms with Crippen molar-refractivity contribution in [2.24, 2.45) is 0 Å². The Kier molecular flexibility index (Phi) is 4.25. The SMILES string of the molecule is CCOC(=O)N1C(=O)CCC1Sc1ccccc1. The van der Waals surface area contributed by atoms with Crippen LogP contribution in [-0.2, 0) is 9.53 Å². The summed E-state index contributed by atoms with van der Waals surface area (Å²) in [5.74, 6) is -0.151. The standard InChI is InChI=1S/C13H15NO3S/c1-2-17-13(16)14-11(15)8-9-12(14)18-10-6-4-3-5-7-10/h3-7,12H,2,8-9H2,1H3. The molecule has 0 saturated carbocycles. The molecule has 0 aromatic heterocycles. The number of hydrogen-bond donors (Lipinski definition) is 0. The smallest absolute Gasteiger partial charge is 0.417 e. The van der Waals surface area contributed by atoms with E-state index in [9.17, 15) is 9.59 Å². The quantitative estimate of drug-likeness (QED) is 0.843. The molecule has 1 saturated heterocycles. The fourth-order valence-electron chi connectivity index (χ4n) is 1.84. The molecule has 0 radical (unpaired) electrons. The average Bonchev–Trinajstić information content (AvgIpc) is 2.72. The molecule has 1 aromatic rings. The van der Waals surface area contributed by atoms with Gasteiger partial charge in [0, 0.05) is 11.3 Å². The van der Waals surface area contributed by atoms with E-state index in [0.717, 1.165) is 4.90 Å². The second-order valence-electron chi connectivity index (χ2n) is 3.89. The van der Waals surface area contributed by atoms with E-state index < -0.39 is 6.09 Å². The summed E-state index contributed by atoms with van der Waals surface area (Å²) in [5.41, 5.74) is 0. The Morgan fingerprint density at radius 3 is 2.83 bits per heavy atom. The molecule has 1 aliphatic heterocycles. The third kappa shape index (κ3) is 2.85. The Balaban J connectivity index is 2.07. The highest BCUT2D eigenvalue weighted by Crippen LogP contribution is 2.33. The molecule has 2 amide bonds. The molecule has 0 aliphatic carbocycles. The molecular formula is C13H15NO3S. The van der Waals surface area contributed by atoms with Crippen LogP contribution >= 0.6 is 11.8 Å². The number of carbonyl (C=O) groups is 2. The number of rotatable bonds is 3. The Morgan fingerprint density at radius 1 is 1.44 bits per heavy atom. The molecule has 0 spiro atoms. The molecule has 1 atom stereocenters. The normalized spacial score (nSPS) is 19.1. The molecule has 1 aromatic carbocycles. The summed E-state index contributed by atoms with van der Waals surface area (Å²) in [6, 6.07) is 9.75. The highest BCUT2D eigenvalue weighted by Gasteiger charge is 2.37. The predicted octanol–water partition coefficient (Wildman–Crippen LogP) is 2.88. The van der Waals surface area contributed by atoms with Gasteiger partial charge in [0.2, 0.25) is 5.91 Å². The van der Waals surface area contributed by atoms with Gasteiger partial charge in [0.05, 0.1) is 12.0 Å². The third-order valence-corrected chi connectivity index (χ3v) is 3.90. The lowest BCUT2D eigenvalue weighted by molar-refractivity contribution is -0.126. The Hall–Kier alpha value is -1.49. The topological polar surface area (TPSA) is 46.6 Å². The first-order chi connectivity index (χ1) is 8.72. The van der Waals surface area contributed by atoms with Crippen molar-refractivity contribution in [2.75, 3.05) is 6.61 Å². The van der Waals surface area contributed by atoms with E-state index in [1.54, 1.807) is 6.92 Å². The van der Waals surface area contributed by atoms with Gasteiger partial charge in [-0.2, -0.15) is 0 Å². The number of benzene rings is 1. The molecule has 1 aliphatic rings. The van der Waals surface area contributed by atoms with Crippen LogP contribution in [0, 0.1) is 0 Å². The molecule has 0 bridgehead atoms. The first-order valence-corrected chi connectivity index (χ1v) is 6.81. The summed E-state index contributed by atoms with van der Waals surface area (Å²) >= 11 is 1.52. The van der Waals surface area contributed by atoms with Gasteiger partial charge in [-0.15, -0.1) is 11.8 Å². The maximum absolute atomic E-state index is 11.7. The van der Waals surface area contributed by atoms with Crippen LogP contribution in [-0.4, -0.2) is 28.9 Å². The Labute approximate surface area is 110 Å². The fraction of sp³-hybridized carbons (Fsp3) is 0.385. The fourth-order valence-corrected chi connectivity index (χ4v) is 3.01. The van der Waals surface area contributed by atoms with Crippen molar-refractivity contribution >= 4 is 23.8 Å². The molecule has 96 valence electrons. The molecular weight excluding hydrogens is 250 g/mol. The molecule has 5 heteroatoms. The lowest BCUT2D eigenvalue weighted by atomic mass is 10.4. The molecule has 2 rings (SSSR count). The Bertz CT molecular complexity index is 435. The van der Waals surface area contributed by atoms with E-state index in [1.165, 1.54) is 16.7 Å². The van der Waals surface area contributed by atoms with E-state index in [1.807, 2.05) is 30.3 Å². The van der Waals surface area contributed by atoms with Crippen LogP contribution in [0.2, 0.25) is 0 Å². The van der Waals surface area contributed by atoms with Gasteiger partial charge in [-0.1, -0.05) is 18.2 Å². The van der Waals surface area contributed by atoms with E-state index in [2.05, 4.69) is 0 Å². The van der Waals surface area contributed by atoms with Crippen molar-refractivity contribution in [3.63, 3.8) is 0 Å². The number of carbonyl (C=O) groups excluding carboxylic acids is 2. The second-order valence-corrected chi connectivity index (χ2v) is 5.14. The van der Waals surface area contributed by atoms with Crippen LogP contribution in [0.3, 0.4) is 0 Å². The van der Waals surface area contributed by atoms with Crippen molar-refractivity contribution in [1.29, 1.82) is 0 Å². The highest BCUT2D eigenvalue weighted by molar-refractivity contribution is 8.00. The van der Waals surface area contributed by atoms with Gasteiger partial charge < -0.3 is 4.74 Å². The van der Waals surface area contributed by atoms with E-state index in [4.69, 9.17) is 4.74 Å². The summed E-state index contributed by atoms with van der Waals surface area (Å²) in [6.07, 6.45) is 0.550. The summed E-state index contributed by atoms with van der Waals surface area (Å²) in [5, 5.41) is -0.154. The number of thioether (sulfide) groups is 1. The van der Waals surface area contributed by atoms with Crippen LogP contribution < -0.4 is 0 Å². The molecule has 4 nitrogen and oxygen atoms in total. The van der Waals surface area contributed by atoms with Gasteiger partial charge in [0.25, 0.3) is 0 Å². The third-order valence-electron chi connectivity index (χ3n) is 2.64. The van der Waals surface area contributed by atoms with Gasteiger partial charge in [0.1, 0.15) is 0 Å². The predicted molar refractivity (Wildman–Crippen MR) is 69.2 cm³/mol. The lowest BCUT2D eigenvalue weighted by Gasteiger charge is -2.21. The molecule has 18 heavy (non-hydrogen) atoms. The summed E-state index contributed by atoms with van der Waals surface area (Å²) < 4.78 is 4.92. The largest absolute Gasteiger partial charge is 0.449 e. The van der Waals surface area contributed by atoms with Crippen molar-refractivity contribution in [2.45, 2.75) is 30.0 Å². The van der Waals surface area contributed by atoms with Crippen molar-refractivity contribution < 1.29 is 14.3 Å². The van der Waals surface area contributed by atoms with Crippen LogP contribution in [0.4, 0.5) is 4.79 Å². The number of amides is 2. The van der Waals surface area contributed by atoms with Gasteiger partial charge in [-0.25, -0.2) is 9.69 Å². The highest BCUT2D eigenvalue weighted by atomic mass is 32.2. The minimum absolute atomic E-state index is 0.151. The van der Waals surface area contributed by atoms with Gasteiger partial charge in [0.15, 0.2) is 0 Å². The summed E-state index contributed by atoms with van der Waals surface area (Å²) in [6.45, 7) is 2.02. The molecule has 1 fully saturated rings. The zero-order valence-corrected chi connectivity index (χ0v) is 11.0. The van der Waals surface area contributed by atoms with Gasteiger partial charge in [-0.3, -0.25) is 4.79 Å². The monoisotopic (exact) mass is 265 g/mol. The van der Waals surface area contributed by atoms with Crippen molar-refractivity contribution in [3.05, 3.63) is 30.3 Å². The lowest BCUT2D eigenvalue weighted by Crippen LogP contribution is -2.37. The van der Waals surface area contributed by atoms with Crippen LogP contribution in [0.15, 0.2) is 35.2 Å². The summed E-state index contributed by atoms with van der Waals surface area (Å²) in [7, 11) is 0. The van der Waals surface area contributed by atoms with E-state index >= 15 is 0 Å². The molecule has 0 N–H and O–H groups in total. The summed E-state index contributed by atoms with van der Waals surface area (Å²) in [4.78, 5) is 25.7. The van der Waals surface area contributed by atoms with Crippen LogP contribution in [0.25, 0.3) is 0 Å².